The highest BCUT2D eigenvalue weighted by Crippen LogP contribution is 2.40. The molecule has 8 N–H and O–H groups in total. The van der Waals surface area contributed by atoms with E-state index < -0.39 is 47.5 Å². The average Bonchev–Trinajstić information content (AvgIpc) is 3.41. The molecule has 3 unspecified atom stereocenters. The van der Waals surface area contributed by atoms with Gasteiger partial charge in [-0.2, -0.15) is 13.2 Å². The molecule has 1 heterocycles. The number of halogens is 3. The van der Waals surface area contributed by atoms with Crippen molar-refractivity contribution in [2.45, 2.75) is 103 Å². The van der Waals surface area contributed by atoms with E-state index in [9.17, 15) is 27.9 Å². The quantitative estimate of drug-likeness (QED) is 0.0952. The van der Waals surface area contributed by atoms with E-state index in [4.69, 9.17) is 18.0 Å². The van der Waals surface area contributed by atoms with Crippen LogP contribution in [0.1, 0.15) is 74.9 Å². The Morgan fingerprint density at radius 1 is 1.08 bits per heavy atom. The number of aromatic nitrogens is 1. The zero-order chi connectivity index (χ0) is 35.4. The second-order valence-electron chi connectivity index (χ2n) is 13.1. The highest BCUT2D eigenvalue weighted by Gasteiger charge is 2.46. The zero-order valence-electron chi connectivity index (χ0n) is 28.1. The maximum atomic E-state index is 14.2. The number of benzene rings is 2. The van der Waals surface area contributed by atoms with Crippen LogP contribution in [0.2, 0.25) is 0 Å². The minimum Gasteiger partial charge on any atom is -0.392 e. The van der Waals surface area contributed by atoms with Gasteiger partial charge in [0.2, 0.25) is 5.91 Å². The molecule has 48 heavy (non-hydrogen) atoms. The molecule has 1 aliphatic carbocycles. The van der Waals surface area contributed by atoms with Gasteiger partial charge in [-0.1, -0.05) is 94.7 Å². The Labute approximate surface area is 285 Å². The van der Waals surface area contributed by atoms with Crippen molar-refractivity contribution in [1.82, 2.24) is 26.3 Å². The fourth-order valence-corrected chi connectivity index (χ4v) is 6.75. The van der Waals surface area contributed by atoms with Crippen LogP contribution in [0.25, 0.3) is 10.9 Å². The molecule has 0 radical (unpaired) electrons. The lowest BCUT2D eigenvalue weighted by Crippen LogP contribution is -2.69. The van der Waals surface area contributed by atoms with E-state index >= 15 is 0 Å². The molecule has 9 nitrogen and oxygen atoms in total. The molecule has 1 aliphatic rings. The van der Waals surface area contributed by atoms with Crippen LogP contribution in [-0.4, -0.2) is 50.9 Å². The molecular formula is C35H47F3N6O3S. The van der Waals surface area contributed by atoms with E-state index in [-0.39, 0.29) is 48.1 Å². The molecule has 0 spiro atoms. The van der Waals surface area contributed by atoms with Gasteiger partial charge in [0.05, 0.1) is 27.6 Å². The first-order chi connectivity index (χ1) is 22.6. The van der Waals surface area contributed by atoms with Crippen LogP contribution in [0, 0.1) is 18.8 Å². The van der Waals surface area contributed by atoms with E-state index in [1.165, 1.54) is 6.07 Å². The summed E-state index contributed by atoms with van der Waals surface area (Å²) in [5.41, 5.74) is 7.01. The largest absolute Gasteiger partial charge is 0.418 e. The molecule has 0 bridgehead atoms. The average molecular weight is 689 g/mol. The highest BCUT2D eigenvalue weighted by molar-refractivity contribution is 7.80. The number of aryl methyl sites for hydroxylation is 2. The first kappa shape index (κ1) is 37.1. The number of urea groups is 1. The van der Waals surface area contributed by atoms with Crippen molar-refractivity contribution < 1.29 is 27.9 Å². The number of hydrogen-bond donors (Lipinski definition) is 7. The van der Waals surface area contributed by atoms with Crippen molar-refractivity contribution in [2.75, 3.05) is 0 Å². The molecule has 0 saturated heterocycles. The predicted octanol–water partition coefficient (Wildman–Crippen LogP) is 5.36. The van der Waals surface area contributed by atoms with Crippen molar-refractivity contribution in [2.24, 2.45) is 17.6 Å². The Morgan fingerprint density at radius 2 is 1.75 bits per heavy atom. The van der Waals surface area contributed by atoms with Gasteiger partial charge in [0.15, 0.2) is 0 Å². The summed E-state index contributed by atoms with van der Waals surface area (Å²) < 4.78 is 41.8. The van der Waals surface area contributed by atoms with E-state index in [0.717, 1.165) is 17.2 Å². The molecule has 4 rings (SSSR count). The molecular weight excluding hydrogens is 641 g/mol. The number of amides is 3. The van der Waals surface area contributed by atoms with Gasteiger partial charge in [0.25, 0.3) is 0 Å². The summed E-state index contributed by atoms with van der Waals surface area (Å²) in [5, 5.41) is 24.1. The first-order valence-electron chi connectivity index (χ1n) is 16.4. The summed E-state index contributed by atoms with van der Waals surface area (Å²) in [6, 6.07) is 9.61. The SMILES string of the molecule is CCC(C)[C@H](NC(=O)NCc1cccc(C)c1)C(=O)N[C@]1(C(O)N[C@H](C(N)=S)C(C)CC)CCc2[nH]c3c(C(F)(F)F)cccc3c2C1. The summed E-state index contributed by atoms with van der Waals surface area (Å²) >= 11 is 5.32. The second kappa shape index (κ2) is 15.3. The number of nitrogens with two attached hydrogens (primary N) is 1. The van der Waals surface area contributed by atoms with Crippen molar-refractivity contribution in [3.8, 4) is 0 Å². The summed E-state index contributed by atoms with van der Waals surface area (Å²) in [6.45, 7) is 9.86. The third-order valence-corrected chi connectivity index (χ3v) is 9.97. The number of rotatable bonds is 13. The Morgan fingerprint density at radius 3 is 2.38 bits per heavy atom. The smallest absolute Gasteiger partial charge is 0.392 e. The maximum Gasteiger partial charge on any atom is 0.418 e. The number of carbonyl (C=O) groups is 2. The van der Waals surface area contributed by atoms with Crippen molar-refractivity contribution >= 4 is 40.0 Å². The van der Waals surface area contributed by atoms with Crippen molar-refractivity contribution in [1.29, 1.82) is 0 Å². The number of nitrogens with one attached hydrogen (secondary N) is 5. The predicted molar refractivity (Wildman–Crippen MR) is 185 cm³/mol. The molecule has 0 saturated carbocycles. The number of H-pyrrole nitrogens is 1. The van der Waals surface area contributed by atoms with Crippen LogP contribution < -0.4 is 27.0 Å². The topological polar surface area (TPSA) is 144 Å². The summed E-state index contributed by atoms with van der Waals surface area (Å²) in [6.07, 6.45) is -4.25. The Kier molecular flexibility index (Phi) is 11.8. The summed E-state index contributed by atoms with van der Waals surface area (Å²) in [4.78, 5) is 30.4. The number of aliphatic hydroxyl groups excluding tert-OH is 1. The fraction of sp³-hybridized carbons (Fsp3) is 0.514. The zero-order valence-corrected chi connectivity index (χ0v) is 28.9. The summed E-state index contributed by atoms with van der Waals surface area (Å²) in [5.74, 6) is -0.869. The lowest BCUT2D eigenvalue weighted by atomic mass is 9.77. The van der Waals surface area contributed by atoms with Crippen molar-refractivity contribution in [3.63, 3.8) is 0 Å². The van der Waals surface area contributed by atoms with E-state index in [0.29, 0.717) is 29.5 Å². The number of aliphatic hydroxyl groups is 1. The van der Waals surface area contributed by atoms with Gasteiger partial charge in [-0.25, -0.2) is 4.79 Å². The molecule has 6 atom stereocenters. The highest BCUT2D eigenvalue weighted by atomic mass is 32.1. The van der Waals surface area contributed by atoms with Gasteiger partial charge >= 0.3 is 12.2 Å². The van der Waals surface area contributed by atoms with Gasteiger partial charge < -0.3 is 31.8 Å². The molecule has 3 amide bonds. The number of fused-ring (bicyclic) bond motifs is 3. The van der Waals surface area contributed by atoms with Crippen LogP contribution in [0.4, 0.5) is 18.0 Å². The van der Waals surface area contributed by atoms with E-state index in [1.807, 2.05) is 58.9 Å². The van der Waals surface area contributed by atoms with E-state index in [1.54, 1.807) is 6.07 Å². The monoisotopic (exact) mass is 688 g/mol. The third-order valence-electron chi connectivity index (χ3n) is 9.72. The molecule has 3 aromatic rings. The number of aromatic amines is 1. The van der Waals surface area contributed by atoms with Gasteiger partial charge in [0, 0.05) is 24.0 Å². The van der Waals surface area contributed by atoms with Gasteiger partial charge in [-0.15, -0.1) is 0 Å². The minimum absolute atomic E-state index is 0.0148. The van der Waals surface area contributed by atoms with Gasteiger partial charge in [0.1, 0.15) is 12.3 Å². The molecule has 1 aromatic heterocycles. The summed E-state index contributed by atoms with van der Waals surface area (Å²) in [7, 11) is 0. The van der Waals surface area contributed by atoms with Gasteiger partial charge in [-0.05, 0) is 48.8 Å². The van der Waals surface area contributed by atoms with Crippen LogP contribution in [0.15, 0.2) is 42.5 Å². The molecule has 13 heteroatoms. The number of thiocarbonyl (C=S) groups is 1. The van der Waals surface area contributed by atoms with Crippen LogP contribution in [-0.2, 0) is 30.4 Å². The minimum atomic E-state index is -4.57. The fourth-order valence-electron chi connectivity index (χ4n) is 6.45. The van der Waals surface area contributed by atoms with Gasteiger partial charge in [-0.3, -0.25) is 10.1 Å². The van der Waals surface area contributed by atoms with Crippen LogP contribution >= 0.6 is 12.2 Å². The number of para-hydroxylation sites is 1. The van der Waals surface area contributed by atoms with E-state index in [2.05, 4.69) is 26.3 Å². The maximum absolute atomic E-state index is 14.2. The normalized spacial score (nSPS) is 19.4. The molecule has 2 aromatic carbocycles. The Balaban J connectivity index is 1.68. The Hall–Kier alpha value is -3.68. The molecule has 0 fully saturated rings. The van der Waals surface area contributed by atoms with Crippen LogP contribution in [0.5, 0.6) is 0 Å². The van der Waals surface area contributed by atoms with Crippen molar-refractivity contribution in [3.05, 3.63) is 70.4 Å². The lowest BCUT2D eigenvalue weighted by molar-refractivity contribution is -0.136. The Bertz CT molecular complexity index is 1630. The number of alkyl halides is 3. The first-order valence-corrected chi connectivity index (χ1v) is 16.9. The molecule has 0 aliphatic heterocycles. The third kappa shape index (κ3) is 8.30. The van der Waals surface area contributed by atoms with Crippen LogP contribution in [0.3, 0.4) is 0 Å². The lowest BCUT2D eigenvalue weighted by Gasteiger charge is -2.44. The second-order valence-corrected chi connectivity index (χ2v) is 13.6. The number of hydrogen-bond acceptors (Lipinski definition) is 5. The number of carbonyl (C=O) groups excluding carboxylic acids is 2. The molecule has 262 valence electrons. The standard InChI is InChI=1S/C35H47F3N6O3S/c1-6-20(4)27(30(39)48)42-32(46)34(15-14-26-24(17-34)23-12-9-13-25(29(23)41-26)35(36,37)38)44-31(45)28(21(5)7-2)43-33(47)40-18-22-11-8-10-19(3)16-22/h8-13,16,20-21,27-28,32,41-42,46H,6-7,14-15,17-18H2,1-5H3,(H2,39,48)(H,44,45)(H2,40,43,47)/t20?,21?,27-,28-,32?,34+/m0/s1.